The second-order valence-corrected chi connectivity index (χ2v) is 7.16. The molecule has 1 N–H and O–H groups in total. The number of aromatic nitrogens is 4. The standard InChI is InChI=1S/C19H17N5OS/c1-12(2)19(25)20-14-7-5-13(6-8-14)15-9-10-17-21-22-18(24(17)23-15)16-4-3-11-26-16/h3-12H,1-2H3,(H,20,25). The number of carbonyl (C=O) groups is 1. The molecule has 4 aromatic rings. The predicted molar refractivity (Wildman–Crippen MR) is 103 cm³/mol. The van der Waals surface area contributed by atoms with E-state index in [-0.39, 0.29) is 11.8 Å². The molecule has 7 heteroatoms. The van der Waals surface area contributed by atoms with Gasteiger partial charge in [-0.2, -0.15) is 9.61 Å². The zero-order valence-electron chi connectivity index (χ0n) is 14.4. The number of anilines is 1. The van der Waals surface area contributed by atoms with Gasteiger partial charge in [-0.15, -0.1) is 21.5 Å². The van der Waals surface area contributed by atoms with Crippen LogP contribution in [0.1, 0.15) is 13.8 Å². The number of benzene rings is 1. The first-order valence-corrected chi connectivity index (χ1v) is 9.17. The largest absolute Gasteiger partial charge is 0.326 e. The fourth-order valence-corrected chi connectivity index (χ4v) is 3.21. The van der Waals surface area contributed by atoms with Gasteiger partial charge >= 0.3 is 0 Å². The summed E-state index contributed by atoms with van der Waals surface area (Å²) < 4.78 is 1.76. The summed E-state index contributed by atoms with van der Waals surface area (Å²) in [4.78, 5) is 12.8. The normalized spacial score (nSPS) is 11.2. The van der Waals surface area contributed by atoms with E-state index in [1.807, 2.05) is 67.8 Å². The van der Waals surface area contributed by atoms with Crippen molar-refractivity contribution in [2.24, 2.45) is 5.92 Å². The Morgan fingerprint density at radius 2 is 1.88 bits per heavy atom. The monoisotopic (exact) mass is 363 g/mol. The Bertz CT molecular complexity index is 1050. The van der Waals surface area contributed by atoms with Crippen molar-refractivity contribution < 1.29 is 4.79 Å². The minimum absolute atomic E-state index is 0.00220. The number of amides is 1. The number of rotatable bonds is 4. The summed E-state index contributed by atoms with van der Waals surface area (Å²) in [6, 6.07) is 15.5. The lowest BCUT2D eigenvalue weighted by atomic mass is 10.1. The molecule has 0 aliphatic heterocycles. The van der Waals surface area contributed by atoms with Crippen LogP contribution in [0, 0.1) is 5.92 Å². The predicted octanol–water partition coefficient (Wildman–Crippen LogP) is 4.11. The van der Waals surface area contributed by atoms with Crippen molar-refractivity contribution in [3.8, 4) is 22.0 Å². The van der Waals surface area contributed by atoms with Gasteiger partial charge in [-0.3, -0.25) is 4.79 Å². The Morgan fingerprint density at radius 3 is 2.58 bits per heavy atom. The van der Waals surface area contributed by atoms with E-state index in [1.165, 1.54) is 0 Å². The molecule has 0 aliphatic rings. The lowest BCUT2D eigenvalue weighted by Crippen LogP contribution is -2.17. The summed E-state index contributed by atoms with van der Waals surface area (Å²) in [5.74, 6) is 0.684. The van der Waals surface area contributed by atoms with Crippen LogP contribution in [0.4, 0.5) is 5.69 Å². The maximum Gasteiger partial charge on any atom is 0.226 e. The van der Waals surface area contributed by atoms with Gasteiger partial charge in [-0.1, -0.05) is 32.0 Å². The molecule has 4 rings (SSSR count). The van der Waals surface area contributed by atoms with Crippen LogP contribution in [0.2, 0.25) is 0 Å². The first-order valence-electron chi connectivity index (χ1n) is 8.29. The maximum atomic E-state index is 11.8. The van der Waals surface area contributed by atoms with Crippen molar-refractivity contribution in [2.45, 2.75) is 13.8 Å². The molecule has 0 radical (unpaired) electrons. The van der Waals surface area contributed by atoms with Crippen LogP contribution in [0.15, 0.2) is 53.9 Å². The van der Waals surface area contributed by atoms with Crippen molar-refractivity contribution in [2.75, 3.05) is 5.32 Å². The quantitative estimate of drug-likeness (QED) is 0.592. The van der Waals surface area contributed by atoms with Gasteiger partial charge in [0, 0.05) is 17.2 Å². The third-order valence-electron chi connectivity index (χ3n) is 3.98. The summed E-state index contributed by atoms with van der Waals surface area (Å²) in [6.45, 7) is 3.74. The van der Waals surface area contributed by atoms with Gasteiger partial charge in [0.15, 0.2) is 11.5 Å². The van der Waals surface area contributed by atoms with E-state index >= 15 is 0 Å². The number of hydrogen-bond acceptors (Lipinski definition) is 5. The number of thiophene rings is 1. The third kappa shape index (κ3) is 3.09. The molecule has 3 aromatic heterocycles. The number of hydrogen-bond donors (Lipinski definition) is 1. The average Bonchev–Trinajstić information content (AvgIpc) is 3.31. The van der Waals surface area contributed by atoms with Crippen LogP contribution >= 0.6 is 11.3 Å². The molecule has 0 fully saturated rings. The summed E-state index contributed by atoms with van der Waals surface area (Å²) >= 11 is 1.60. The van der Waals surface area contributed by atoms with Gasteiger partial charge < -0.3 is 5.32 Å². The van der Waals surface area contributed by atoms with Gasteiger partial charge in [0.25, 0.3) is 0 Å². The van der Waals surface area contributed by atoms with Crippen LogP contribution in [0.25, 0.3) is 27.6 Å². The Balaban J connectivity index is 1.66. The zero-order chi connectivity index (χ0) is 18.1. The molecule has 1 aromatic carbocycles. The molecular weight excluding hydrogens is 346 g/mol. The highest BCUT2D eigenvalue weighted by atomic mass is 32.1. The van der Waals surface area contributed by atoms with E-state index in [0.717, 1.165) is 27.6 Å². The van der Waals surface area contributed by atoms with Crippen molar-refractivity contribution in [3.05, 3.63) is 53.9 Å². The van der Waals surface area contributed by atoms with Gasteiger partial charge in [0.1, 0.15) is 0 Å². The molecule has 130 valence electrons. The summed E-state index contributed by atoms with van der Waals surface area (Å²) in [7, 11) is 0. The topological polar surface area (TPSA) is 72.2 Å². The average molecular weight is 363 g/mol. The summed E-state index contributed by atoms with van der Waals surface area (Å²) in [6.07, 6.45) is 0. The molecule has 3 heterocycles. The van der Waals surface area contributed by atoms with Gasteiger partial charge in [0.05, 0.1) is 10.6 Å². The molecule has 0 bridgehead atoms. The van der Waals surface area contributed by atoms with E-state index in [9.17, 15) is 4.79 Å². The molecule has 6 nitrogen and oxygen atoms in total. The van der Waals surface area contributed by atoms with Crippen LogP contribution in [-0.2, 0) is 4.79 Å². The number of nitrogens with zero attached hydrogens (tertiary/aromatic N) is 4. The summed E-state index contributed by atoms with van der Waals surface area (Å²) in [5, 5.41) is 18.0. The SMILES string of the molecule is CC(C)C(=O)Nc1ccc(-c2ccc3nnc(-c4cccs4)n3n2)cc1. The van der Waals surface area contributed by atoms with Crippen molar-refractivity contribution >= 4 is 28.6 Å². The van der Waals surface area contributed by atoms with Crippen molar-refractivity contribution in [1.82, 2.24) is 19.8 Å². The van der Waals surface area contributed by atoms with Crippen LogP contribution in [-0.4, -0.2) is 25.7 Å². The minimum Gasteiger partial charge on any atom is -0.326 e. The molecule has 0 atom stereocenters. The fraction of sp³-hybridized carbons (Fsp3) is 0.158. The number of carbonyl (C=O) groups excluding carboxylic acids is 1. The van der Waals surface area contributed by atoms with Crippen molar-refractivity contribution in [1.29, 1.82) is 0 Å². The Hall–Kier alpha value is -3.06. The van der Waals surface area contributed by atoms with Crippen LogP contribution < -0.4 is 5.32 Å². The van der Waals surface area contributed by atoms with Gasteiger partial charge in [0.2, 0.25) is 5.91 Å². The number of nitrogens with one attached hydrogen (secondary N) is 1. The highest BCUT2D eigenvalue weighted by molar-refractivity contribution is 7.13. The van der Waals surface area contributed by atoms with Crippen molar-refractivity contribution in [3.63, 3.8) is 0 Å². The van der Waals surface area contributed by atoms with Gasteiger partial charge in [-0.25, -0.2) is 0 Å². The first kappa shape index (κ1) is 16.4. The Morgan fingerprint density at radius 1 is 1.08 bits per heavy atom. The van der Waals surface area contributed by atoms with Gasteiger partial charge in [-0.05, 0) is 35.7 Å². The Kier molecular flexibility index (Phi) is 4.22. The maximum absolute atomic E-state index is 11.8. The molecule has 0 unspecified atom stereocenters. The first-order chi connectivity index (χ1) is 12.6. The molecule has 0 aliphatic carbocycles. The van der Waals surface area contributed by atoms with E-state index < -0.39 is 0 Å². The lowest BCUT2D eigenvalue weighted by Gasteiger charge is -2.08. The smallest absolute Gasteiger partial charge is 0.226 e. The lowest BCUT2D eigenvalue weighted by molar-refractivity contribution is -0.118. The molecule has 0 saturated carbocycles. The zero-order valence-corrected chi connectivity index (χ0v) is 15.2. The molecule has 26 heavy (non-hydrogen) atoms. The molecular formula is C19H17N5OS. The second kappa shape index (κ2) is 6.68. The number of fused-ring (bicyclic) bond motifs is 1. The highest BCUT2D eigenvalue weighted by Crippen LogP contribution is 2.25. The van der Waals surface area contributed by atoms with Crippen LogP contribution in [0.5, 0.6) is 0 Å². The fourth-order valence-electron chi connectivity index (χ4n) is 2.51. The molecule has 0 saturated heterocycles. The van der Waals surface area contributed by atoms with E-state index in [1.54, 1.807) is 15.9 Å². The minimum atomic E-state index is -0.0526. The second-order valence-electron chi connectivity index (χ2n) is 6.21. The highest BCUT2D eigenvalue weighted by Gasteiger charge is 2.12. The third-order valence-corrected chi connectivity index (χ3v) is 4.84. The summed E-state index contributed by atoms with van der Waals surface area (Å²) in [5.41, 5.74) is 3.26. The van der Waals surface area contributed by atoms with E-state index in [4.69, 9.17) is 5.10 Å². The Labute approximate surface area is 154 Å². The van der Waals surface area contributed by atoms with Crippen LogP contribution in [0.3, 0.4) is 0 Å². The van der Waals surface area contributed by atoms with E-state index in [0.29, 0.717) is 5.65 Å². The molecule has 1 amide bonds. The van der Waals surface area contributed by atoms with E-state index in [2.05, 4.69) is 15.5 Å². The molecule has 0 spiro atoms.